The van der Waals surface area contributed by atoms with Crippen LogP contribution in [-0.4, -0.2) is 65.0 Å². The summed E-state index contributed by atoms with van der Waals surface area (Å²) in [7, 11) is 2.09. The van der Waals surface area contributed by atoms with Crippen molar-refractivity contribution in [3.63, 3.8) is 0 Å². The molecular weight excluding hydrogens is 477 g/mol. The number of likely N-dealkylation sites (N-methyl/N-ethyl adjacent to an activating group) is 1. The van der Waals surface area contributed by atoms with Crippen LogP contribution in [0.1, 0.15) is 38.4 Å². The molecule has 6 nitrogen and oxygen atoms in total. The first-order valence-electron chi connectivity index (χ1n) is 13.4. The number of aromatic nitrogens is 2. The number of anilines is 1. The van der Waals surface area contributed by atoms with Crippen molar-refractivity contribution >= 4 is 22.6 Å². The predicted octanol–water partition coefficient (Wildman–Crippen LogP) is 4.79. The van der Waals surface area contributed by atoms with E-state index in [-0.39, 0.29) is 11.7 Å². The Morgan fingerprint density at radius 2 is 1.71 bits per heavy atom. The Kier molecular flexibility index (Phi) is 6.40. The molecule has 2 aliphatic rings. The number of carbonyl (C=O) groups excluding carboxylic acids is 1. The number of fused-ring (bicyclic) bond motifs is 2. The molecule has 38 heavy (non-hydrogen) atoms. The molecule has 0 bridgehead atoms. The van der Waals surface area contributed by atoms with Crippen LogP contribution in [0.4, 0.5) is 10.2 Å². The summed E-state index contributed by atoms with van der Waals surface area (Å²) in [5.74, 6) is 0.593. The molecule has 0 aliphatic carbocycles. The van der Waals surface area contributed by atoms with Crippen molar-refractivity contribution in [1.82, 2.24) is 19.4 Å². The summed E-state index contributed by atoms with van der Waals surface area (Å²) < 4.78 is 16.3. The Morgan fingerprint density at radius 3 is 2.47 bits per heavy atom. The highest BCUT2D eigenvalue weighted by Gasteiger charge is 2.28. The Hall–Kier alpha value is -3.71. The van der Waals surface area contributed by atoms with Crippen LogP contribution in [0.2, 0.25) is 0 Å². The van der Waals surface area contributed by atoms with Crippen LogP contribution in [0.3, 0.4) is 0 Å². The maximum atomic E-state index is 14.1. The first kappa shape index (κ1) is 24.6. The third kappa shape index (κ3) is 4.45. The van der Waals surface area contributed by atoms with Gasteiger partial charge in [0.2, 0.25) is 0 Å². The summed E-state index contributed by atoms with van der Waals surface area (Å²) >= 11 is 0. The molecule has 1 amide bonds. The quantitative estimate of drug-likeness (QED) is 0.395. The molecule has 196 valence electrons. The van der Waals surface area contributed by atoms with Crippen molar-refractivity contribution in [3.8, 4) is 0 Å². The smallest absolute Gasteiger partial charge is 0.272 e. The number of hydrogen-bond acceptors (Lipinski definition) is 4. The minimum atomic E-state index is -0.237. The van der Waals surface area contributed by atoms with Gasteiger partial charge in [0, 0.05) is 56.9 Å². The average Bonchev–Trinajstić information content (AvgIpc) is 3.17. The SMILES string of the molecule is Cc1c(C)n(Cc2cccc(F)c2)c2c(N3CCc4ccccc4C3)nc(C(=O)N3CCN(C)CC3)cc12. The third-order valence-corrected chi connectivity index (χ3v) is 8.27. The number of nitrogens with zero attached hydrogens (tertiary/aromatic N) is 5. The van der Waals surface area contributed by atoms with Gasteiger partial charge in [-0.05, 0) is 67.8 Å². The number of benzene rings is 2. The second-order valence-corrected chi connectivity index (χ2v) is 10.7. The molecular formula is C31H34FN5O. The fraction of sp³-hybridized carbons (Fsp3) is 0.355. The lowest BCUT2D eigenvalue weighted by Gasteiger charge is -2.33. The number of piperazine rings is 1. The number of amides is 1. The van der Waals surface area contributed by atoms with Crippen molar-refractivity contribution in [2.24, 2.45) is 0 Å². The van der Waals surface area contributed by atoms with Crippen molar-refractivity contribution < 1.29 is 9.18 Å². The molecule has 6 rings (SSSR count). The van der Waals surface area contributed by atoms with E-state index in [4.69, 9.17) is 4.98 Å². The van der Waals surface area contributed by atoms with Crippen LogP contribution in [-0.2, 0) is 19.5 Å². The molecule has 4 aromatic rings. The minimum absolute atomic E-state index is 0.00593. The lowest BCUT2D eigenvalue weighted by atomic mass is 10.00. The number of aryl methyl sites for hydroxylation is 1. The molecule has 7 heteroatoms. The van der Waals surface area contributed by atoms with E-state index in [2.05, 4.69) is 59.5 Å². The monoisotopic (exact) mass is 511 g/mol. The van der Waals surface area contributed by atoms with Gasteiger partial charge in [-0.2, -0.15) is 0 Å². The van der Waals surface area contributed by atoms with E-state index in [0.717, 1.165) is 66.1 Å². The number of pyridine rings is 1. The Bertz CT molecular complexity index is 1520. The number of hydrogen-bond donors (Lipinski definition) is 0. The van der Waals surface area contributed by atoms with Crippen molar-refractivity contribution in [2.45, 2.75) is 33.4 Å². The van der Waals surface area contributed by atoms with E-state index in [1.165, 1.54) is 17.2 Å². The zero-order valence-corrected chi connectivity index (χ0v) is 22.4. The Balaban J connectivity index is 1.49. The van der Waals surface area contributed by atoms with Gasteiger partial charge in [-0.1, -0.05) is 36.4 Å². The van der Waals surface area contributed by atoms with E-state index >= 15 is 0 Å². The van der Waals surface area contributed by atoms with Crippen LogP contribution in [0.15, 0.2) is 54.6 Å². The molecule has 0 saturated carbocycles. The first-order valence-corrected chi connectivity index (χ1v) is 13.4. The van der Waals surface area contributed by atoms with Gasteiger partial charge in [-0.15, -0.1) is 0 Å². The second kappa shape index (κ2) is 9.87. The maximum absolute atomic E-state index is 14.1. The van der Waals surface area contributed by atoms with Crippen molar-refractivity contribution in [1.29, 1.82) is 0 Å². The number of rotatable bonds is 4. The molecule has 1 fully saturated rings. The van der Waals surface area contributed by atoms with E-state index < -0.39 is 0 Å². The third-order valence-electron chi connectivity index (χ3n) is 8.27. The molecule has 0 N–H and O–H groups in total. The summed E-state index contributed by atoms with van der Waals surface area (Å²) in [4.78, 5) is 25.3. The maximum Gasteiger partial charge on any atom is 0.272 e. The standard InChI is InChI=1S/C31H34FN5O/c1-21-22(2)37(19-23-7-6-10-26(32)17-23)29-27(21)18-28(31(38)35-15-13-34(3)14-16-35)33-30(29)36-12-11-24-8-4-5-9-25(24)20-36/h4-10,17-18H,11-16,19-20H2,1-3H3. The predicted molar refractivity (Wildman–Crippen MR) is 149 cm³/mol. The van der Waals surface area contributed by atoms with E-state index in [1.54, 1.807) is 12.1 Å². The van der Waals surface area contributed by atoms with Crippen LogP contribution in [0.25, 0.3) is 10.9 Å². The second-order valence-electron chi connectivity index (χ2n) is 10.7. The Morgan fingerprint density at radius 1 is 0.947 bits per heavy atom. The molecule has 0 spiro atoms. The van der Waals surface area contributed by atoms with Crippen LogP contribution < -0.4 is 4.90 Å². The van der Waals surface area contributed by atoms with Crippen LogP contribution in [0.5, 0.6) is 0 Å². The van der Waals surface area contributed by atoms with Gasteiger partial charge >= 0.3 is 0 Å². The zero-order valence-electron chi connectivity index (χ0n) is 22.4. The van der Waals surface area contributed by atoms with Gasteiger partial charge in [-0.25, -0.2) is 9.37 Å². The molecule has 0 atom stereocenters. The largest absolute Gasteiger partial charge is 0.350 e. The minimum Gasteiger partial charge on any atom is -0.350 e. The van der Waals surface area contributed by atoms with E-state index in [9.17, 15) is 9.18 Å². The molecule has 0 unspecified atom stereocenters. The zero-order chi connectivity index (χ0) is 26.4. The van der Waals surface area contributed by atoms with Gasteiger partial charge in [0.1, 0.15) is 11.5 Å². The highest BCUT2D eigenvalue weighted by molar-refractivity contribution is 6.01. The van der Waals surface area contributed by atoms with Gasteiger partial charge in [0.05, 0.1) is 5.52 Å². The number of halogens is 1. The first-order chi connectivity index (χ1) is 18.4. The fourth-order valence-electron chi connectivity index (χ4n) is 5.84. The number of carbonyl (C=O) groups is 1. The molecule has 1 saturated heterocycles. The summed E-state index contributed by atoms with van der Waals surface area (Å²) in [6.07, 6.45) is 0.929. The Labute approximate surface area is 223 Å². The molecule has 2 aromatic heterocycles. The summed E-state index contributed by atoms with van der Waals surface area (Å²) in [5, 5.41) is 1.04. The summed E-state index contributed by atoms with van der Waals surface area (Å²) in [5.41, 5.74) is 7.31. The highest BCUT2D eigenvalue weighted by Crippen LogP contribution is 2.35. The van der Waals surface area contributed by atoms with Gasteiger partial charge in [0.25, 0.3) is 5.91 Å². The van der Waals surface area contributed by atoms with Crippen molar-refractivity contribution in [2.75, 3.05) is 44.7 Å². The van der Waals surface area contributed by atoms with Crippen molar-refractivity contribution in [3.05, 3.63) is 94.1 Å². The average molecular weight is 512 g/mol. The molecule has 0 radical (unpaired) electrons. The highest BCUT2D eigenvalue weighted by atomic mass is 19.1. The lowest BCUT2D eigenvalue weighted by Crippen LogP contribution is -2.47. The fourth-order valence-corrected chi connectivity index (χ4v) is 5.84. The summed E-state index contributed by atoms with van der Waals surface area (Å²) in [6, 6.07) is 17.3. The van der Waals surface area contributed by atoms with E-state index in [0.29, 0.717) is 25.3 Å². The van der Waals surface area contributed by atoms with Gasteiger partial charge in [0.15, 0.2) is 5.82 Å². The molecule has 4 heterocycles. The normalized spacial score (nSPS) is 16.2. The summed E-state index contributed by atoms with van der Waals surface area (Å²) in [6.45, 7) is 9.48. The van der Waals surface area contributed by atoms with Gasteiger partial charge in [-0.3, -0.25) is 4.79 Å². The van der Waals surface area contributed by atoms with Crippen LogP contribution >= 0.6 is 0 Å². The molecule has 2 aliphatic heterocycles. The molecule has 2 aromatic carbocycles. The van der Waals surface area contributed by atoms with Crippen LogP contribution in [0, 0.1) is 19.7 Å². The topological polar surface area (TPSA) is 44.6 Å². The lowest BCUT2D eigenvalue weighted by molar-refractivity contribution is 0.0658. The van der Waals surface area contributed by atoms with E-state index in [1.807, 2.05) is 17.0 Å². The van der Waals surface area contributed by atoms with Gasteiger partial charge < -0.3 is 19.3 Å².